The summed E-state index contributed by atoms with van der Waals surface area (Å²) < 4.78 is 5.14. The number of nitrogens with one attached hydrogen (secondary N) is 1. The van der Waals surface area contributed by atoms with Crippen LogP contribution in [0.25, 0.3) is 0 Å². The normalized spacial score (nSPS) is 11.9. The molecule has 0 saturated heterocycles. The monoisotopic (exact) mass is 359 g/mol. The molecule has 0 radical (unpaired) electrons. The van der Waals surface area contributed by atoms with Crippen molar-refractivity contribution in [1.29, 1.82) is 0 Å². The number of methoxy groups -OCH3 is 1. The molecule has 2 aromatic rings. The van der Waals surface area contributed by atoms with Gasteiger partial charge in [0.05, 0.1) is 12.4 Å². The zero-order valence-corrected chi connectivity index (χ0v) is 16.2. The molecule has 1 aromatic heterocycles. The third-order valence-electron chi connectivity index (χ3n) is 4.14. The molecule has 1 N–H and O–H groups in total. The smallest absolute Gasteiger partial charge is 0.233 e. The van der Waals surface area contributed by atoms with Gasteiger partial charge in [0.2, 0.25) is 5.91 Å². The van der Waals surface area contributed by atoms with Gasteiger partial charge < -0.3 is 10.1 Å². The zero-order valence-electron chi connectivity index (χ0n) is 15.4. The number of aryl methyl sites for hydroxylation is 2. The first-order chi connectivity index (χ1) is 11.9. The molecule has 0 aliphatic rings. The Hall–Kier alpha value is -2.08. The van der Waals surface area contributed by atoms with Gasteiger partial charge in [0, 0.05) is 17.9 Å². The highest BCUT2D eigenvalue weighted by atomic mass is 32.2. The maximum atomic E-state index is 12.3. The van der Waals surface area contributed by atoms with E-state index in [1.54, 1.807) is 7.11 Å². The summed E-state index contributed by atoms with van der Waals surface area (Å²) in [4.78, 5) is 21.2. The minimum Gasteiger partial charge on any atom is -0.497 e. The summed E-state index contributed by atoms with van der Waals surface area (Å²) in [6, 6.07) is 7.87. The average molecular weight is 359 g/mol. The number of hydrogen-bond acceptors (Lipinski definition) is 5. The van der Waals surface area contributed by atoms with Crippen molar-refractivity contribution in [2.75, 3.05) is 13.7 Å². The largest absolute Gasteiger partial charge is 0.497 e. The zero-order chi connectivity index (χ0) is 18.4. The van der Waals surface area contributed by atoms with Gasteiger partial charge in [-0.2, -0.15) is 0 Å². The second-order valence-corrected chi connectivity index (χ2v) is 7.26. The van der Waals surface area contributed by atoms with Crippen molar-refractivity contribution in [2.45, 2.75) is 44.5 Å². The summed E-state index contributed by atoms with van der Waals surface area (Å²) >= 11 is 1.39. The van der Waals surface area contributed by atoms with E-state index in [0.29, 0.717) is 11.7 Å². The van der Waals surface area contributed by atoms with E-state index in [1.807, 2.05) is 52.0 Å². The Morgan fingerprint density at radius 2 is 1.76 bits per heavy atom. The lowest BCUT2D eigenvalue weighted by molar-refractivity contribution is -0.120. The lowest BCUT2D eigenvalue weighted by Crippen LogP contribution is -2.32. The van der Waals surface area contributed by atoms with E-state index in [4.69, 9.17) is 4.74 Å². The van der Waals surface area contributed by atoms with E-state index in [0.717, 1.165) is 34.7 Å². The summed E-state index contributed by atoms with van der Waals surface area (Å²) in [5.41, 5.74) is 4.18. The SMILES string of the molecule is COc1ccc(CCNC(=O)[C@@H](C)Sc2nc(C)c(C)c(C)n2)cc1. The van der Waals surface area contributed by atoms with Crippen molar-refractivity contribution in [3.05, 3.63) is 46.8 Å². The molecule has 1 atom stereocenters. The lowest BCUT2D eigenvalue weighted by atomic mass is 10.1. The van der Waals surface area contributed by atoms with Crippen LogP contribution in [0.2, 0.25) is 0 Å². The second-order valence-electron chi connectivity index (χ2n) is 5.95. The van der Waals surface area contributed by atoms with Gasteiger partial charge in [-0.15, -0.1) is 0 Å². The number of amides is 1. The van der Waals surface area contributed by atoms with Crippen LogP contribution < -0.4 is 10.1 Å². The van der Waals surface area contributed by atoms with Crippen molar-refractivity contribution in [3.63, 3.8) is 0 Å². The molecule has 0 fully saturated rings. The van der Waals surface area contributed by atoms with E-state index in [-0.39, 0.29) is 11.2 Å². The number of nitrogens with zero attached hydrogens (tertiary/aromatic N) is 2. The Kier molecular flexibility index (Phi) is 6.82. The van der Waals surface area contributed by atoms with Gasteiger partial charge in [0.15, 0.2) is 5.16 Å². The molecule has 134 valence electrons. The van der Waals surface area contributed by atoms with Gasteiger partial charge in [0.25, 0.3) is 0 Å². The predicted octanol–water partition coefficient (Wildman–Crippen LogP) is 3.25. The van der Waals surface area contributed by atoms with Gasteiger partial charge in [-0.25, -0.2) is 9.97 Å². The van der Waals surface area contributed by atoms with Crippen LogP contribution >= 0.6 is 11.8 Å². The van der Waals surface area contributed by atoms with Gasteiger partial charge in [-0.3, -0.25) is 4.79 Å². The van der Waals surface area contributed by atoms with E-state index in [1.165, 1.54) is 11.8 Å². The molecule has 0 aliphatic carbocycles. The molecule has 6 heteroatoms. The summed E-state index contributed by atoms with van der Waals surface area (Å²) in [6.45, 7) is 8.42. The Bertz CT molecular complexity index is 709. The molecule has 25 heavy (non-hydrogen) atoms. The molecular formula is C19H25N3O2S. The van der Waals surface area contributed by atoms with Crippen LogP contribution in [0, 0.1) is 20.8 Å². The van der Waals surface area contributed by atoms with E-state index in [9.17, 15) is 4.79 Å². The van der Waals surface area contributed by atoms with Crippen molar-refractivity contribution in [2.24, 2.45) is 0 Å². The Balaban J connectivity index is 1.83. The first kappa shape index (κ1) is 19.2. The number of hydrogen-bond donors (Lipinski definition) is 1. The minimum atomic E-state index is -0.239. The highest BCUT2D eigenvalue weighted by Gasteiger charge is 2.16. The number of aromatic nitrogens is 2. The minimum absolute atomic E-state index is 0.00186. The molecule has 0 spiro atoms. The Morgan fingerprint density at radius 1 is 1.16 bits per heavy atom. The molecule has 5 nitrogen and oxygen atoms in total. The topological polar surface area (TPSA) is 64.1 Å². The number of carbonyl (C=O) groups is 1. The van der Waals surface area contributed by atoms with E-state index < -0.39 is 0 Å². The van der Waals surface area contributed by atoms with Crippen LogP contribution in [0.5, 0.6) is 5.75 Å². The first-order valence-electron chi connectivity index (χ1n) is 8.30. The molecular weight excluding hydrogens is 334 g/mol. The van der Waals surface area contributed by atoms with Gasteiger partial charge >= 0.3 is 0 Å². The molecule has 1 amide bonds. The van der Waals surface area contributed by atoms with Crippen LogP contribution in [-0.4, -0.2) is 34.8 Å². The molecule has 1 aromatic carbocycles. The fourth-order valence-electron chi connectivity index (χ4n) is 2.27. The molecule has 0 bridgehead atoms. The average Bonchev–Trinajstić information content (AvgIpc) is 2.60. The van der Waals surface area contributed by atoms with Gasteiger partial charge in [-0.05, 0) is 57.4 Å². The third kappa shape index (κ3) is 5.46. The molecule has 2 rings (SSSR count). The summed E-state index contributed by atoms with van der Waals surface area (Å²) in [6.07, 6.45) is 0.784. The number of rotatable bonds is 7. The number of benzene rings is 1. The lowest BCUT2D eigenvalue weighted by Gasteiger charge is -2.12. The third-order valence-corrected chi connectivity index (χ3v) is 5.10. The quantitative estimate of drug-likeness (QED) is 0.607. The fourth-order valence-corrected chi connectivity index (χ4v) is 3.16. The summed E-state index contributed by atoms with van der Waals surface area (Å²) in [7, 11) is 1.65. The first-order valence-corrected chi connectivity index (χ1v) is 9.17. The van der Waals surface area contributed by atoms with Crippen molar-refractivity contribution in [3.8, 4) is 5.75 Å². The van der Waals surface area contributed by atoms with E-state index >= 15 is 0 Å². The maximum absolute atomic E-state index is 12.3. The second kappa shape index (κ2) is 8.85. The summed E-state index contributed by atoms with van der Waals surface area (Å²) in [5.74, 6) is 0.833. The van der Waals surface area contributed by atoms with Crippen molar-refractivity contribution in [1.82, 2.24) is 15.3 Å². The maximum Gasteiger partial charge on any atom is 0.233 e. The highest BCUT2D eigenvalue weighted by molar-refractivity contribution is 8.00. The Labute approximate surface area is 153 Å². The number of ether oxygens (including phenoxy) is 1. The highest BCUT2D eigenvalue weighted by Crippen LogP contribution is 2.21. The summed E-state index contributed by atoms with van der Waals surface area (Å²) in [5, 5.41) is 3.39. The fraction of sp³-hybridized carbons (Fsp3) is 0.421. The number of thioether (sulfide) groups is 1. The Morgan fingerprint density at radius 3 is 2.32 bits per heavy atom. The van der Waals surface area contributed by atoms with E-state index in [2.05, 4.69) is 15.3 Å². The predicted molar refractivity (Wildman–Crippen MR) is 101 cm³/mol. The van der Waals surface area contributed by atoms with Crippen molar-refractivity contribution < 1.29 is 9.53 Å². The standard InChI is InChI=1S/C19H25N3O2S/c1-12-13(2)21-19(22-14(12)3)25-15(4)18(23)20-11-10-16-6-8-17(24-5)9-7-16/h6-9,15H,10-11H2,1-5H3,(H,20,23)/t15-/m1/s1. The molecule has 0 unspecified atom stereocenters. The molecule has 0 saturated carbocycles. The van der Waals surface area contributed by atoms with Crippen molar-refractivity contribution >= 4 is 17.7 Å². The van der Waals surface area contributed by atoms with Crippen LogP contribution in [0.1, 0.15) is 29.4 Å². The van der Waals surface area contributed by atoms with Crippen LogP contribution in [0.4, 0.5) is 0 Å². The van der Waals surface area contributed by atoms with Crippen LogP contribution in [0.15, 0.2) is 29.4 Å². The molecule has 1 heterocycles. The molecule has 0 aliphatic heterocycles. The van der Waals surface area contributed by atoms with Crippen LogP contribution in [0.3, 0.4) is 0 Å². The van der Waals surface area contributed by atoms with Crippen LogP contribution in [-0.2, 0) is 11.2 Å². The van der Waals surface area contributed by atoms with Gasteiger partial charge in [-0.1, -0.05) is 23.9 Å². The van der Waals surface area contributed by atoms with Gasteiger partial charge in [0.1, 0.15) is 5.75 Å². The number of carbonyl (C=O) groups excluding carboxylic acids is 1.